The molecule has 2 heteroatoms. The van der Waals surface area contributed by atoms with Crippen LogP contribution < -0.4 is 5.32 Å². The molecule has 1 rings (SSSR count). The molecule has 1 unspecified atom stereocenters. The third-order valence-corrected chi connectivity index (χ3v) is 4.16. The summed E-state index contributed by atoms with van der Waals surface area (Å²) in [6.45, 7) is 7.72. The Morgan fingerprint density at radius 1 is 1.26 bits per heavy atom. The molecule has 2 nitrogen and oxygen atoms in total. The van der Waals surface area contributed by atoms with Gasteiger partial charge in [0.05, 0.1) is 5.60 Å². The number of allylic oxidation sites excluding steroid dienone is 1. The molecule has 0 fully saturated rings. The number of rotatable bonds is 7. The van der Waals surface area contributed by atoms with Gasteiger partial charge < -0.3 is 10.1 Å². The van der Waals surface area contributed by atoms with Crippen LogP contribution in [0, 0.1) is 0 Å². The van der Waals surface area contributed by atoms with Crippen LogP contribution in [0.2, 0.25) is 0 Å². The number of methoxy groups -OCH3 is 1. The molecule has 0 spiro atoms. The summed E-state index contributed by atoms with van der Waals surface area (Å²) in [5.74, 6) is 0. The van der Waals surface area contributed by atoms with Gasteiger partial charge in [-0.1, -0.05) is 31.4 Å². The van der Waals surface area contributed by atoms with Crippen molar-refractivity contribution in [2.75, 3.05) is 13.7 Å². The number of hydrogen-bond donors (Lipinski definition) is 1. The van der Waals surface area contributed by atoms with Crippen molar-refractivity contribution in [3.8, 4) is 0 Å². The third-order valence-electron chi connectivity index (χ3n) is 4.16. The Hall–Kier alpha value is -0.340. The smallest absolute Gasteiger partial charge is 0.0640 e. The first-order chi connectivity index (χ1) is 9.09. The lowest BCUT2D eigenvalue weighted by atomic mass is 9.88. The van der Waals surface area contributed by atoms with Gasteiger partial charge in [-0.25, -0.2) is 0 Å². The fourth-order valence-corrected chi connectivity index (χ4v) is 2.76. The minimum absolute atomic E-state index is 0.0470. The summed E-state index contributed by atoms with van der Waals surface area (Å²) in [4.78, 5) is 0. The molecule has 0 radical (unpaired) electrons. The van der Waals surface area contributed by atoms with E-state index in [4.69, 9.17) is 4.74 Å². The van der Waals surface area contributed by atoms with Gasteiger partial charge in [0.15, 0.2) is 0 Å². The van der Waals surface area contributed by atoms with Crippen molar-refractivity contribution in [3.05, 3.63) is 11.6 Å². The second kappa shape index (κ2) is 8.76. The van der Waals surface area contributed by atoms with Gasteiger partial charge in [0.2, 0.25) is 0 Å². The minimum Gasteiger partial charge on any atom is -0.379 e. The van der Waals surface area contributed by atoms with Crippen molar-refractivity contribution in [1.29, 1.82) is 0 Å². The van der Waals surface area contributed by atoms with Crippen LogP contribution in [0.3, 0.4) is 0 Å². The van der Waals surface area contributed by atoms with E-state index in [9.17, 15) is 0 Å². The molecule has 1 N–H and O–H groups in total. The van der Waals surface area contributed by atoms with Gasteiger partial charge in [-0.15, -0.1) is 0 Å². The van der Waals surface area contributed by atoms with Crippen LogP contribution in [0.5, 0.6) is 0 Å². The molecular formula is C17H33NO. The molecule has 1 atom stereocenters. The van der Waals surface area contributed by atoms with E-state index in [0.717, 1.165) is 13.0 Å². The van der Waals surface area contributed by atoms with Crippen molar-refractivity contribution in [2.45, 2.75) is 83.8 Å². The summed E-state index contributed by atoms with van der Waals surface area (Å²) in [6.07, 6.45) is 12.8. The Labute approximate surface area is 120 Å². The van der Waals surface area contributed by atoms with Crippen molar-refractivity contribution in [3.63, 3.8) is 0 Å². The van der Waals surface area contributed by atoms with Gasteiger partial charge in [0.1, 0.15) is 0 Å². The lowest BCUT2D eigenvalue weighted by Crippen LogP contribution is -2.39. The molecule has 0 saturated heterocycles. The van der Waals surface area contributed by atoms with E-state index in [1.165, 1.54) is 44.9 Å². The molecular weight excluding hydrogens is 234 g/mol. The highest BCUT2D eigenvalue weighted by molar-refractivity contribution is 5.13. The molecule has 0 heterocycles. The van der Waals surface area contributed by atoms with Crippen LogP contribution in [-0.2, 0) is 4.74 Å². The van der Waals surface area contributed by atoms with Crippen molar-refractivity contribution < 1.29 is 4.74 Å². The van der Waals surface area contributed by atoms with Crippen LogP contribution in [0.15, 0.2) is 11.6 Å². The number of nitrogens with one attached hydrogen (secondary N) is 1. The highest BCUT2D eigenvalue weighted by Crippen LogP contribution is 2.25. The van der Waals surface area contributed by atoms with Gasteiger partial charge in [0.25, 0.3) is 0 Å². The lowest BCUT2D eigenvalue weighted by Gasteiger charge is -2.31. The first-order valence-electron chi connectivity index (χ1n) is 8.06. The average molecular weight is 267 g/mol. The second-order valence-electron chi connectivity index (χ2n) is 6.41. The topological polar surface area (TPSA) is 21.3 Å². The maximum atomic E-state index is 5.63. The van der Waals surface area contributed by atoms with Gasteiger partial charge in [0, 0.05) is 13.2 Å². The zero-order chi connectivity index (χ0) is 14.1. The summed E-state index contributed by atoms with van der Waals surface area (Å²) >= 11 is 0. The Bertz CT molecular complexity index is 270. The summed E-state index contributed by atoms with van der Waals surface area (Å²) in [5, 5.41) is 3.73. The molecule has 0 bridgehead atoms. The molecule has 19 heavy (non-hydrogen) atoms. The zero-order valence-electron chi connectivity index (χ0n) is 13.4. The Balaban J connectivity index is 2.69. The molecule has 112 valence electrons. The molecule has 0 saturated carbocycles. The second-order valence-corrected chi connectivity index (χ2v) is 6.41. The fraction of sp³-hybridized carbons (Fsp3) is 0.882. The maximum absolute atomic E-state index is 5.63. The predicted octanol–water partition coefficient (Wildman–Crippen LogP) is 4.45. The van der Waals surface area contributed by atoms with E-state index < -0.39 is 0 Å². The molecule has 0 aromatic rings. The Kier molecular flexibility index (Phi) is 7.70. The maximum Gasteiger partial charge on any atom is 0.0640 e. The van der Waals surface area contributed by atoms with E-state index in [1.54, 1.807) is 5.57 Å². The SMILES string of the molecule is CCCNC(CC(C)(C)OC)C1=CCCCCCC1. The van der Waals surface area contributed by atoms with Gasteiger partial charge in [-0.2, -0.15) is 0 Å². The fourth-order valence-electron chi connectivity index (χ4n) is 2.76. The summed E-state index contributed by atoms with van der Waals surface area (Å²) in [5.41, 5.74) is 1.58. The average Bonchev–Trinajstić information content (AvgIpc) is 2.34. The molecule has 0 amide bonds. The lowest BCUT2D eigenvalue weighted by molar-refractivity contribution is 0.00963. The van der Waals surface area contributed by atoms with E-state index >= 15 is 0 Å². The van der Waals surface area contributed by atoms with Crippen molar-refractivity contribution in [1.82, 2.24) is 5.32 Å². The monoisotopic (exact) mass is 267 g/mol. The first-order valence-corrected chi connectivity index (χ1v) is 8.06. The zero-order valence-corrected chi connectivity index (χ0v) is 13.4. The van der Waals surface area contributed by atoms with Crippen molar-refractivity contribution in [2.24, 2.45) is 0 Å². The third kappa shape index (κ3) is 6.58. The van der Waals surface area contributed by atoms with E-state index in [0.29, 0.717) is 6.04 Å². The molecule has 1 aliphatic carbocycles. The quantitative estimate of drug-likeness (QED) is 0.688. The highest BCUT2D eigenvalue weighted by Gasteiger charge is 2.24. The Morgan fingerprint density at radius 2 is 2.00 bits per heavy atom. The summed E-state index contributed by atoms with van der Waals surface area (Å²) < 4.78 is 5.63. The summed E-state index contributed by atoms with van der Waals surface area (Å²) in [7, 11) is 1.82. The van der Waals surface area contributed by atoms with Crippen LogP contribution in [0.1, 0.15) is 72.1 Å². The predicted molar refractivity (Wildman–Crippen MR) is 83.6 cm³/mol. The largest absolute Gasteiger partial charge is 0.379 e. The molecule has 0 aromatic carbocycles. The van der Waals surface area contributed by atoms with Gasteiger partial charge in [-0.3, -0.25) is 0 Å². The number of ether oxygens (including phenoxy) is 1. The Morgan fingerprint density at radius 3 is 2.68 bits per heavy atom. The standard InChI is InChI=1S/C17H33NO/c1-5-13-18-16(14-17(2,3)19-4)15-11-9-7-6-8-10-12-15/h11,16,18H,5-10,12-14H2,1-4H3. The molecule has 1 aliphatic rings. The normalized spacial score (nSPS) is 19.5. The highest BCUT2D eigenvalue weighted by atomic mass is 16.5. The van der Waals surface area contributed by atoms with Gasteiger partial charge >= 0.3 is 0 Å². The minimum atomic E-state index is -0.0470. The molecule has 0 aromatic heterocycles. The summed E-state index contributed by atoms with van der Waals surface area (Å²) in [6, 6.07) is 0.494. The van der Waals surface area contributed by atoms with E-state index in [-0.39, 0.29) is 5.60 Å². The van der Waals surface area contributed by atoms with Crippen LogP contribution in [-0.4, -0.2) is 25.3 Å². The van der Waals surface area contributed by atoms with E-state index in [1.807, 2.05) is 7.11 Å². The van der Waals surface area contributed by atoms with E-state index in [2.05, 4.69) is 32.2 Å². The van der Waals surface area contributed by atoms with Gasteiger partial charge in [-0.05, 0) is 58.9 Å². The van der Waals surface area contributed by atoms with Crippen LogP contribution >= 0.6 is 0 Å². The molecule has 0 aliphatic heterocycles. The van der Waals surface area contributed by atoms with Crippen LogP contribution in [0.25, 0.3) is 0 Å². The number of hydrogen-bond acceptors (Lipinski definition) is 2. The van der Waals surface area contributed by atoms with Crippen molar-refractivity contribution >= 4 is 0 Å². The first kappa shape index (κ1) is 16.7. The van der Waals surface area contributed by atoms with Crippen LogP contribution in [0.4, 0.5) is 0 Å².